The van der Waals surface area contributed by atoms with Crippen LogP contribution in [-0.4, -0.2) is 10.9 Å². The molecule has 4 rings (SSSR count). The fourth-order valence-corrected chi connectivity index (χ4v) is 3.97. The molecule has 0 bridgehead atoms. The molecule has 0 atom stereocenters. The van der Waals surface area contributed by atoms with Crippen LogP contribution < -0.4 is 5.32 Å². The number of anilines is 1. The minimum Gasteiger partial charge on any atom is -0.326 e. The van der Waals surface area contributed by atoms with Crippen molar-refractivity contribution >= 4 is 46.1 Å². The van der Waals surface area contributed by atoms with Crippen molar-refractivity contribution in [3.8, 4) is 21.8 Å². The fraction of sp³-hybridized carbons (Fsp3) is 0.0435. The Hall–Kier alpha value is -2.66. The van der Waals surface area contributed by atoms with E-state index in [1.54, 1.807) is 23.5 Å². The van der Waals surface area contributed by atoms with E-state index in [0.717, 1.165) is 33.1 Å². The second-order valence-electron chi connectivity index (χ2n) is 6.48. The van der Waals surface area contributed by atoms with Gasteiger partial charge < -0.3 is 5.32 Å². The smallest absolute Gasteiger partial charge is 0.228 e. The molecule has 3 nitrogen and oxygen atoms in total. The number of benzene rings is 3. The first-order valence-electron chi connectivity index (χ1n) is 8.93. The molecule has 1 aromatic heterocycles. The Kier molecular flexibility index (Phi) is 5.95. The van der Waals surface area contributed by atoms with E-state index in [-0.39, 0.29) is 5.91 Å². The Morgan fingerprint density at radius 1 is 0.897 bits per heavy atom. The van der Waals surface area contributed by atoms with E-state index < -0.39 is 0 Å². The molecule has 0 radical (unpaired) electrons. The third-order valence-corrected chi connectivity index (χ3v) is 5.71. The summed E-state index contributed by atoms with van der Waals surface area (Å²) >= 11 is 13.4. The number of aromatic nitrogens is 1. The summed E-state index contributed by atoms with van der Waals surface area (Å²) in [6.45, 7) is 0. The van der Waals surface area contributed by atoms with Gasteiger partial charge in [-0.05, 0) is 42.0 Å². The van der Waals surface area contributed by atoms with Crippen LogP contribution in [0.4, 0.5) is 5.69 Å². The van der Waals surface area contributed by atoms with Gasteiger partial charge in [-0.3, -0.25) is 4.79 Å². The number of carbonyl (C=O) groups excluding carboxylic acids is 1. The van der Waals surface area contributed by atoms with Gasteiger partial charge >= 0.3 is 0 Å². The number of hydrogen-bond donors (Lipinski definition) is 1. The predicted molar refractivity (Wildman–Crippen MR) is 122 cm³/mol. The molecule has 0 unspecified atom stereocenters. The molecule has 0 aliphatic rings. The molecule has 1 heterocycles. The third-order valence-electron chi connectivity index (χ3n) is 4.32. The summed E-state index contributed by atoms with van der Waals surface area (Å²) in [6.07, 6.45) is 0.290. The zero-order valence-electron chi connectivity index (χ0n) is 15.2. The maximum Gasteiger partial charge on any atom is 0.228 e. The summed E-state index contributed by atoms with van der Waals surface area (Å²) in [5, 5.41) is 7.24. The number of nitrogens with zero attached hydrogens (tertiary/aromatic N) is 1. The lowest BCUT2D eigenvalue weighted by Gasteiger charge is -2.07. The summed E-state index contributed by atoms with van der Waals surface area (Å²) in [6, 6.07) is 22.6. The van der Waals surface area contributed by atoms with Crippen LogP contribution >= 0.6 is 34.5 Å². The second kappa shape index (κ2) is 8.78. The van der Waals surface area contributed by atoms with Crippen molar-refractivity contribution in [1.82, 2.24) is 4.98 Å². The number of thiazole rings is 1. The standard InChI is InChI=1S/C23H16Cl2N2OS/c24-18-8-4-15(5-9-18)12-22(28)26-20-3-1-2-17(13-20)21-14-29-23(27-21)16-6-10-19(25)11-7-16/h1-11,13-14H,12H2,(H,26,28). The van der Waals surface area contributed by atoms with Crippen LogP contribution in [0.3, 0.4) is 0 Å². The largest absolute Gasteiger partial charge is 0.326 e. The molecular formula is C23H16Cl2N2OS. The average molecular weight is 439 g/mol. The normalized spacial score (nSPS) is 10.7. The van der Waals surface area contributed by atoms with Crippen LogP contribution in [0.2, 0.25) is 10.0 Å². The molecule has 6 heteroatoms. The van der Waals surface area contributed by atoms with E-state index in [4.69, 9.17) is 28.2 Å². The summed E-state index contributed by atoms with van der Waals surface area (Å²) in [4.78, 5) is 17.1. The molecule has 144 valence electrons. The second-order valence-corrected chi connectivity index (χ2v) is 8.21. The molecule has 0 spiro atoms. The van der Waals surface area contributed by atoms with Gasteiger partial charge in [0.2, 0.25) is 5.91 Å². The maximum absolute atomic E-state index is 12.4. The van der Waals surface area contributed by atoms with Crippen LogP contribution in [0.15, 0.2) is 78.2 Å². The Morgan fingerprint density at radius 3 is 2.31 bits per heavy atom. The van der Waals surface area contributed by atoms with Crippen LogP contribution in [0.5, 0.6) is 0 Å². The van der Waals surface area contributed by atoms with Crippen LogP contribution in [-0.2, 0) is 11.2 Å². The van der Waals surface area contributed by atoms with Gasteiger partial charge in [-0.15, -0.1) is 11.3 Å². The molecule has 29 heavy (non-hydrogen) atoms. The monoisotopic (exact) mass is 438 g/mol. The fourth-order valence-electron chi connectivity index (χ4n) is 2.88. The van der Waals surface area contributed by atoms with Gasteiger partial charge in [0.15, 0.2) is 0 Å². The highest BCUT2D eigenvalue weighted by atomic mass is 35.5. The lowest BCUT2D eigenvalue weighted by molar-refractivity contribution is -0.115. The molecule has 1 amide bonds. The van der Waals surface area contributed by atoms with E-state index in [9.17, 15) is 4.79 Å². The lowest BCUT2D eigenvalue weighted by atomic mass is 10.1. The topological polar surface area (TPSA) is 42.0 Å². The minimum atomic E-state index is -0.0791. The summed E-state index contributed by atoms with van der Waals surface area (Å²) in [7, 11) is 0. The van der Waals surface area contributed by atoms with Crippen LogP contribution in [0.25, 0.3) is 21.8 Å². The first-order valence-corrected chi connectivity index (χ1v) is 10.6. The van der Waals surface area contributed by atoms with E-state index in [0.29, 0.717) is 16.5 Å². The molecule has 1 N–H and O–H groups in total. The minimum absolute atomic E-state index is 0.0791. The first-order chi connectivity index (χ1) is 14.1. The van der Waals surface area contributed by atoms with Gasteiger partial charge in [-0.25, -0.2) is 4.98 Å². The van der Waals surface area contributed by atoms with Crippen molar-refractivity contribution in [3.05, 3.63) is 93.8 Å². The summed E-state index contributed by atoms with van der Waals surface area (Å²) in [5.41, 5.74) is 4.50. The molecule has 0 aliphatic carbocycles. The average Bonchev–Trinajstić information content (AvgIpc) is 3.21. The highest BCUT2D eigenvalue weighted by molar-refractivity contribution is 7.13. The molecule has 0 saturated carbocycles. The molecular weight excluding hydrogens is 423 g/mol. The highest BCUT2D eigenvalue weighted by Gasteiger charge is 2.09. The van der Waals surface area contributed by atoms with E-state index >= 15 is 0 Å². The number of hydrogen-bond acceptors (Lipinski definition) is 3. The van der Waals surface area contributed by atoms with Crippen molar-refractivity contribution in [1.29, 1.82) is 0 Å². The molecule has 3 aromatic carbocycles. The van der Waals surface area contributed by atoms with Crippen LogP contribution in [0, 0.1) is 0 Å². The molecule has 4 aromatic rings. The van der Waals surface area contributed by atoms with Gasteiger partial charge in [0.25, 0.3) is 0 Å². The van der Waals surface area contributed by atoms with E-state index in [1.807, 2.05) is 66.0 Å². The zero-order chi connectivity index (χ0) is 20.2. The summed E-state index contributed by atoms with van der Waals surface area (Å²) in [5.74, 6) is -0.0791. The Bertz CT molecular complexity index is 1140. The molecule has 0 aliphatic heterocycles. The highest BCUT2D eigenvalue weighted by Crippen LogP contribution is 2.30. The predicted octanol–water partition coefficient (Wildman–Crippen LogP) is 6.97. The molecule has 0 fully saturated rings. The molecule has 0 saturated heterocycles. The SMILES string of the molecule is O=C(Cc1ccc(Cl)cc1)Nc1cccc(-c2csc(-c3ccc(Cl)cc3)n2)c1. The number of carbonyl (C=O) groups is 1. The summed E-state index contributed by atoms with van der Waals surface area (Å²) < 4.78 is 0. The quantitative estimate of drug-likeness (QED) is 0.365. The number of rotatable bonds is 5. The van der Waals surface area contributed by atoms with Crippen molar-refractivity contribution in [2.45, 2.75) is 6.42 Å². The zero-order valence-corrected chi connectivity index (χ0v) is 17.6. The maximum atomic E-state index is 12.4. The Labute approximate surface area is 183 Å². The van der Waals surface area contributed by atoms with Crippen molar-refractivity contribution in [3.63, 3.8) is 0 Å². The lowest BCUT2D eigenvalue weighted by Crippen LogP contribution is -2.14. The Morgan fingerprint density at radius 2 is 1.59 bits per heavy atom. The van der Waals surface area contributed by atoms with Crippen molar-refractivity contribution in [2.75, 3.05) is 5.32 Å². The van der Waals surface area contributed by atoms with Crippen molar-refractivity contribution < 1.29 is 4.79 Å². The van der Waals surface area contributed by atoms with Gasteiger partial charge in [-0.1, -0.05) is 59.6 Å². The third kappa shape index (κ3) is 5.04. The van der Waals surface area contributed by atoms with Gasteiger partial charge in [0.1, 0.15) is 5.01 Å². The van der Waals surface area contributed by atoms with Gasteiger partial charge in [-0.2, -0.15) is 0 Å². The number of amides is 1. The number of halogens is 2. The Balaban J connectivity index is 1.48. The van der Waals surface area contributed by atoms with Crippen molar-refractivity contribution in [2.24, 2.45) is 0 Å². The van der Waals surface area contributed by atoms with Crippen LogP contribution in [0.1, 0.15) is 5.56 Å². The van der Waals surface area contributed by atoms with E-state index in [2.05, 4.69) is 5.32 Å². The van der Waals surface area contributed by atoms with Gasteiger partial charge in [0, 0.05) is 32.2 Å². The number of nitrogens with one attached hydrogen (secondary N) is 1. The van der Waals surface area contributed by atoms with Gasteiger partial charge in [0.05, 0.1) is 12.1 Å². The first kappa shape index (κ1) is 19.6. The van der Waals surface area contributed by atoms with E-state index in [1.165, 1.54) is 0 Å².